The van der Waals surface area contributed by atoms with Crippen molar-refractivity contribution in [3.05, 3.63) is 86.9 Å². The molecule has 8 heteroatoms. The zero-order valence-electron chi connectivity index (χ0n) is 16.7. The molecule has 4 aromatic rings. The second kappa shape index (κ2) is 7.90. The van der Waals surface area contributed by atoms with E-state index in [0.29, 0.717) is 49.6 Å². The lowest BCUT2D eigenvalue weighted by molar-refractivity contribution is 0.601. The number of H-pyrrole nitrogens is 1. The van der Waals surface area contributed by atoms with Gasteiger partial charge in [-0.3, -0.25) is 4.79 Å². The number of sulfone groups is 1. The van der Waals surface area contributed by atoms with E-state index < -0.39 is 9.84 Å². The summed E-state index contributed by atoms with van der Waals surface area (Å²) in [6.45, 7) is 1.79. The minimum absolute atomic E-state index is 0.168. The first-order valence-corrected chi connectivity index (χ1v) is 11.8. The predicted molar refractivity (Wildman–Crippen MR) is 121 cm³/mol. The molecule has 0 atom stereocenters. The smallest absolute Gasteiger partial charge is 0.191 e. The van der Waals surface area contributed by atoms with E-state index in [1.807, 2.05) is 6.07 Å². The van der Waals surface area contributed by atoms with Crippen LogP contribution >= 0.6 is 11.6 Å². The van der Waals surface area contributed by atoms with Crippen LogP contribution < -0.4 is 5.43 Å². The predicted octanol–water partition coefficient (Wildman–Crippen LogP) is 4.90. The number of hydrogen-bond acceptors (Lipinski definition) is 4. The number of aromatic amines is 1. The summed E-state index contributed by atoms with van der Waals surface area (Å²) in [5.41, 5.74) is 3.97. The third-order valence-corrected chi connectivity index (χ3v) is 6.15. The van der Waals surface area contributed by atoms with Crippen LogP contribution in [0.2, 0.25) is 5.02 Å². The van der Waals surface area contributed by atoms with Crippen molar-refractivity contribution in [3.63, 3.8) is 0 Å². The molecule has 0 amide bonds. The number of aryl methyl sites for hydroxylation is 1. The highest BCUT2D eigenvalue weighted by Gasteiger charge is 2.17. The van der Waals surface area contributed by atoms with Crippen molar-refractivity contribution in [1.29, 1.82) is 0 Å². The maximum atomic E-state index is 13.5. The minimum atomic E-state index is -3.27. The molecule has 5 nitrogen and oxygen atoms in total. The molecule has 0 unspecified atom stereocenters. The molecule has 0 radical (unpaired) electrons. The van der Waals surface area contributed by atoms with Gasteiger partial charge in [0.15, 0.2) is 15.3 Å². The molecule has 4 rings (SSSR count). The summed E-state index contributed by atoms with van der Waals surface area (Å²) in [5, 5.41) is 0.713. The summed E-state index contributed by atoms with van der Waals surface area (Å²) in [6, 6.07) is 12.5. The highest BCUT2D eigenvalue weighted by atomic mass is 35.5. The van der Waals surface area contributed by atoms with E-state index in [1.165, 1.54) is 24.4 Å². The van der Waals surface area contributed by atoms with E-state index in [4.69, 9.17) is 11.6 Å². The number of halogens is 2. The molecule has 0 saturated heterocycles. The minimum Gasteiger partial charge on any atom is -0.346 e. The zero-order valence-corrected chi connectivity index (χ0v) is 18.3. The lowest BCUT2D eigenvalue weighted by atomic mass is 9.95. The van der Waals surface area contributed by atoms with Crippen molar-refractivity contribution < 1.29 is 12.8 Å². The Morgan fingerprint density at radius 3 is 2.42 bits per heavy atom. The van der Waals surface area contributed by atoms with Gasteiger partial charge < -0.3 is 4.98 Å². The summed E-state index contributed by atoms with van der Waals surface area (Å²) in [6.07, 6.45) is 2.68. The monoisotopic (exact) mass is 456 g/mol. The van der Waals surface area contributed by atoms with Crippen molar-refractivity contribution in [2.75, 3.05) is 6.26 Å². The molecule has 0 aliphatic rings. The van der Waals surface area contributed by atoms with Gasteiger partial charge in [0.05, 0.1) is 16.8 Å². The third-order valence-electron chi connectivity index (χ3n) is 5.00. The number of hydrogen-bond donors (Lipinski definition) is 1. The van der Waals surface area contributed by atoms with Gasteiger partial charge in [0.25, 0.3) is 0 Å². The van der Waals surface area contributed by atoms with Crippen molar-refractivity contribution in [2.24, 2.45) is 0 Å². The fourth-order valence-electron chi connectivity index (χ4n) is 3.52. The summed E-state index contributed by atoms with van der Waals surface area (Å²) in [7, 11) is -3.27. The number of rotatable bonds is 4. The van der Waals surface area contributed by atoms with Crippen LogP contribution in [-0.4, -0.2) is 24.6 Å². The van der Waals surface area contributed by atoms with E-state index in [1.54, 1.807) is 31.2 Å². The molecule has 0 bridgehead atoms. The normalized spacial score (nSPS) is 11.7. The topological polar surface area (TPSA) is 79.9 Å². The number of fused-ring (bicyclic) bond motifs is 1. The van der Waals surface area contributed by atoms with Crippen LogP contribution in [0.1, 0.15) is 11.1 Å². The average molecular weight is 457 g/mol. The van der Waals surface area contributed by atoms with E-state index >= 15 is 0 Å². The molecule has 1 N–H and O–H groups in total. The second-order valence-electron chi connectivity index (χ2n) is 7.45. The SMILES string of the molecule is Cc1cc(-c2cc3c(=O)cc[nH]c3nc2-c2ccc(F)cc2)cc(Cl)c1CS(C)(=O)=O. The Kier molecular flexibility index (Phi) is 5.41. The Bertz CT molecular complexity index is 1460. The Morgan fingerprint density at radius 1 is 1.06 bits per heavy atom. The van der Waals surface area contributed by atoms with Crippen LogP contribution in [0.15, 0.2) is 59.5 Å². The van der Waals surface area contributed by atoms with Crippen molar-refractivity contribution >= 4 is 32.5 Å². The summed E-state index contributed by atoms with van der Waals surface area (Å²) >= 11 is 6.46. The van der Waals surface area contributed by atoms with Crippen LogP contribution in [0.25, 0.3) is 33.4 Å². The van der Waals surface area contributed by atoms with Gasteiger partial charge in [0.2, 0.25) is 0 Å². The first-order chi connectivity index (χ1) is 14.6. The molecule has 2 heterocycles. The van der Waals surface area contributed by atoms with Crippen LogP contribution in [0, 0.1) is 12.7 Å². The molecule has 2 aromatic heterocycles. The molecule has 0 aliphatic heterocycles. The summed E-state index contributed by atoms with van der Waals surface area (Å²) in [5.74, 6) is -0.540. The van der Waals surface area contributed by atoms with Gasteiger partial charge in [-0.15, -0.1) is 0 Å². The van der Waals surface area contributed by atoms with Gasteiger partial charge in [-0.1, -0.05) is 17.7 Å². The molecule has 0 spiro atoms. The van der Waals surface area contributed by atoms with Gasteiger partial charge in [0.1, 0.15) is 11.5 Å². The number of nitrogens with zero attached hydrogens (tertiary/aromatic N) is 1. The third kappa shape index (κ3) is 4.38. The zero-order chi connectivity index (χ0) is 22.3. The Balaban J connectivity index is 2.00. The maximum absolute atomic E-state index is 13.5. The molecular weight excluding hydrogens is 439 g/mol. The first-order valence-electron chi connectivity index (χ1n) is 9.38. The standard InChI is InChI=1S/C23H18ClFN2O3S/c1-13-9-15(10-20(24)19(13)12-31(2,29)30)17-11-18-21(28)7-8-26-23(18)27-22(17)14-3-5-16(25)6-4-14/h3-11H,12H2,1-2H3,(H,26,27,28). The number of aromatic nitrogens is 2. The van der Waals surface area contributed by atoms with E-state index in [2.05, 4.69) is 9.97 Å². The molecule has 31 heavy (non-hydrogen) atoms. The summed E-state index contributed by atoms with van der Waals surface area (Å²) < 4.78 is 37.0. The summed E-state index contributed by atoms with van der Waals surface area (Å²) in [4.78, 5) is 20.0. The lowest BCUT2D eigenvalue weighted by Gasteiger charge is -2.15. The molecule has 2 aromatic carbocycles. The van der Waals surface area contributed by atoms with Crippen LogP contribution in [0.5, 0.6) is 0 Å². The van der Waals surface area contributed by atoms with E-state index in [9.17, 15) is 17.6 Å². The van der Waals surface area contributed by atoms with Gasteiger partial charge in [-0.05, 0) is 60.0 Å². The van der Waals surface area contributed by atoms with Crippen molar-refractivity contribution in [3.8, 4) is 22.4 Å². The fourth-order valence-corrected chi connectivity index (χ4v) is 4.84. The average Bonchev–Trinajstić information content (AvgIpc) is 2.70. The second-order valence-corrected chi connectivity index (χ2v) is 10.0. The van der Waals surface area contributed by atoms with Crippen molar-refractivity contribution in [2.45, 2.75) is 12.7 Å². The lowest BCUT2D eigenvalue weighted by Crippen LogP contribution is -2.05. The van der Waals surface area contributed by atoms with E-state index in [-0.39, 0.29) is 17.0 Å². The molecule has 0 saturated carbocycles. The fraction of sp³-hybridized carbons (Fsp3) is 0.130. The maximum Gasteiger partial charge on any atom is 0.191 e. The molecular formula is C23H18ClFN2O3S. The quantitative estimate of drug-likeness (QED) is 0.473. The van der Waals surface area contributed by atoms with Gasteiger partial charge in [-0.25, -0.2) is 17.8 Å². The molecule has 158 valence electrons. The van der Waals surface area contributed by atoms with Crippen LogP contribution in [0.3, 0.4) is 0 Å². The Hall–Kier alpha value is -3.03. The van der Waals surface area contributed by atoms with Crippen molar-refractivity contribution in [1.82, 2.24) is 9.97 Å². The number of pyridine rings is 2. The van der Waals surface area contributed by atoms with Gasteiger partial charge in [-0.2, -0.15) is 0 Å². The highest BCUT2D eigenvalue weighted by Crippen LogP contribution is 2.36. The number of benzene rings is 2. The van der Waals surface area contributed by atoms with Crippen LogP contribution in [0.4, 0.5) is 4.39 Å². The highest BCUT2D eigenvalue weighted by molar-refractivity contribution is 7.89. The largest absolute Gasteiger partial charge is 0.346 e. The first kappa shape index (κ1) is 21.2. The number of nitrogens with one attached hydrogen (secondary N) is 1. The molecule has 0 fully saturated rings. The molecule has 0 aliphatic carbocycles. The van der Waals surface area contributed by atoms with Crippen LogP contribution in [-0.2, 0) is 15.6 Å². The van der Waals surface area contributed by atoms with Gasteiger partial charge in [0, 0.05) is 34.7 Å². The van der Waals surface area contributed by atoms with Gasteiger partial charge >= 0.3 is 0 Å². The Labute approximate surface area is 183 Å². The van der Waals surface area contributed by atoms with E-state index in [0.717, 1.165) is 6.26 Å². The Morgan fingerprint density at radius 2 is 1.77 bits per heavy atom.